The van der Waals surface area contributed by atoms with Crippen molar-refractivity contribution in [3.05, 3.63) is 29.8 Å². The van der Waals surface area contributed by atoms with E-state index < -0.39 is 6.04 Å². The zero-order valence-electron chi connectivity index (χ0n) is 18.5. The third kappa shape index (κ3) is 12.7. The Kier molecular flexibility index (Phi) is 13.9. The van der Waals surface area contributed by atoms with E-state index in [1.807, 2.05) is 7.05 Å². The molecule has 31 heavy (non-hydrogen) atoms. The highest BCUT2D eigenvalue weighted by atomic mass is 16.6. The van der Waals surface area contributed by atoms with Gasteiger partial charge in [-0.2, -0.15) is 0 Å². The number of carbonyl (C=O) groups excluding carboxylic acids is 3. The molecule has 0 saturated heterocycles. The van der Waals surface area contributed by atoms with Gasteiger partial charge in [0.25, 0.3) is 0 Å². The number of amides is 3. The molecule has 0 saturated carbocycles. The number of nitrogens with one attached hydrogen (secondary N) is 4. The summed E-state index contributed by atoms with van der Waals surface area (Å²) >= 11 is 0. The minimum atomic E-state index is -0.690. The minimum Gasteiger partial charge on any atom is -0.379 e. The van der Waals surface area contributed by atoms with Crippen LogP contribution < -0.4 is 21.4 Å². The van der Waals surface area contributed by atoms with Gasteiger partial charge in [0, 0.05) is 25.1 Å². The lowest BCUT2D eigenvalue weighted by atomic mass is 10.2. The van der Waals surface area contributed by atoms with Crippen molar-refractivity contribution in [1.82, 2.24) is 16.1 Å². The molecular formula is C21H34N4O6. The van der Waals surface area contributed by atoms with Crippen LogP contribution in [0.25, 0.3) is 0 Å². The Morgan fingerprint density at radius 2 is 1.65 bits per heavy atom. The number of carbonyl (C=O) groups is 3. The molecule has 0 aliphatic heterocycles. The van der Waals surface area contributed by atoms with Gasteiger partial charge in [-0.05, 0) is 31.7 Å². The molecule has 0 heterocycles. The number of hydroxylamine groups is 1. The molecule has 1 aromatic carbocycles. The molecule has 1 atom stereocenters. The van der Waals surface area contributed by atoms with Crippen molar-refractivity contribution >= 4 is 23.4 Å². The molecule has 10 heteroatoms. The second kappa shape index (κ2) is 16.2. The van der Waals surface area contributed by atoms with Gasteiger partial charge in [-0.15, -0.1) is 0 Å². The molecule has 0 bridgehead atoms. The van der Waals surface area contributed by atoms with Gasteiger partial charge in [-0.3, -0.25) is 19.2 Å². The molecule has 0 aliphatic carbocycles. The number of hydrogen-bond acceptors (Lipinski definition) is 7. The molecule has 4 N–H and O–H groups in total. The standard InChI is InChI=1S/C21H34N4O6/c1-4-19(26)25-31-15-17-5-7-18(8-6-17)24-21(28)16(2)23-20(27)9-11-29-13-14-30-12-10-22-3/h5-8,16,22H,4,9-15H2,1-3H3,(H,23,27)(H,24,28)(H,25,26). The molecule has 0 aliphatic rings. The number of anilines is 1. The quantitative estimate of drug-likeness (QED) is 0.221. The van der Waals surface area contributed by atoms with Crippen LogP contribution >= 0.6 is 0 Å². The molecular weight excluding hydrogens is 404 g/mol. The van der Waals surface area contributed by atoms with Crippen LogP contribution in [-0.4, -0.2) is 63.8 Å². The number of ether oxygens (including phenoxy) is 2. The summed E-state index contributed by atoms with van der Waals surface area (Å²) in [5.74, 6) is -0.785. The summed E-state index contributed by atoms with van der Waals surface area (Å²) in [7, 11) is 1.85. The van der Waals surface area contributed by atoms with Crippen molar-refractivity contribution in [2.75, 3.05) is 45.3 Å². The average molecular weight is 439 g/mol. The molecule has 0 fully saturated rings. The summed E-state index contributed by atoms with van der Waals surface area (Å²) in [6.07, 6.45) is 0.510. The van der Waals surface area contributed by atoms with Gasteiger partial charge >= 0.3 is 0 Å². The molecule has 0 radical (unpaired) electrons. The first-order valence-electron chi connectivity index (χ1n) is 10.4. The van der Waals surface area contributed by atoms with Crippen LogP contribution in [0.4, 0.5) is 5.69 Å². The molecule has 1 rings (SSSR count). The zero-order valence-corrected chi connectivity index (χ0v) is 18.5. The molecule has 0 spiro atoms. The average Bonchev–Trinajstić information content (AvgIpc) is 2.76. The summed E-state index contributed by atoms with van der Waals surface area (Å²) in [6.45, 7) is 6.11. The Morgan fingerprint density at radius 1 is 0.968 bits per heavy atom. The lowest BCUT2D eigenvalue weighted by Gasteiger charge is -2.14. The fraction of sp³-hybridized carbons (Fsp3) is 0.571. The Hall–Kier alpha value is -2.53. The Labute approximate surface area is 183 Å². The van der Waals surface area contributed by atoms with Gasteiger partial charge in [0.2, 0.25) is 17.7 Å². The maximum absolute atomic E-state index is 12.3. The predicted octanol–water partition coefficient (Wildman–Crippen LogP) is 0.730. The third-order valence-corrected chi connectivity index (χ3v) is 4.08. The van der Waals surface area contributed by atoms with Gasteiger partial charge in [-0.25, -0.2) is 5.48 Å². The molecule has 0 aromatic heterocycles. The second-order valence-corrected chi connectivity index (χ2v) is 6.72. The first kappa shape index (κ1) is 26.5. The van der Waals surface area contributed by atoms with Crippen LogP contribution in [0.15, 0.2) is 24.3 Å². The second-order valence-electron chi connectivity index (χ2n) is 6.72. The fourth-order valence-corrected chi connectivity index (χ4v) is 2.25. The minimum absolute atomic E-state index is 0.164. The van der Waals surface area contributed by atoms with Crippen LogP contribution in [-0.2, 0) is 35.3 Å². The van der Waals surface area contributed by atoms with Gasteiger partial charge in [0.1, 0.15) is 6.04 Å². The van der Waals surface area contributed by atoms with Gasteiger partial charge < -0.3 is 25.4 Å². The fourth-order valence-electron chi connectivity index (χ4n) is 2.25. The molecule has 174 valence electrons. The van der Waals surface area contributed by atoms with Crippen LogP contribution in [0.3, 0.4) is 0 Å². The summed E-state index contributed by atoms with van der Waals surface area (Å²) < 4.78 is 10.7. The van der Waals surface area contributed by atoms with Crippen molar-refractivity contribution in [1.29, 1.82) is 0 Å². The van der Waals surface area contributed by atoms with Crippen molar-refractivity contribution in [2.24, 2.45) is 0 Å². The van der Waals surface area contributed by atoms with Gasteiger partial charge in [0.05, 0.1) is 33.0 Å². The van der Waals surface area contributed by atoms with Gasteiger partial charge in [-0.1, -0.05) is 19.1 Å². The predicted molar refractivity (Wildman–Crippen MR) is 116 cm³/mol. The van der Waals surface area contributed by atoms with Crippen LogP contribution in [0.5, 0.6) is 0 Å². The van der Waals surface area contributed by atoms with Crippen molar-refractivity contribution in [3.8, 4) is 0 Å². The first-order valence-corrected chi connectivity index (χ1v) is 10.4. The number of benzene rings is 1. The Balaban J connectivity index is 2.22. The topological polar surface area (TPSA) is 127 Å². The Bertz CT molecular complexity index is 668. The monoisotopic (exact) mass is 438 g/mol. The SMILES string of the molecule is CCC(=O)NOCc1ccc(NC(=O)C(C)NC(=O)CCOCCOCCNC)cc1. The van der Waals surface area contributed by atoms with Crippen LogP contribution in [0.1, 0.15) is 32.3 Å². The first-order chi connectivity index (χ1) is 15.0. The highest BCUT2D eigenvalue weighted by Gasteiger charge is 2.15. The van der Waals surface area contributed by atoms with E-state index in [0.29, 0.717) is 31.9 Å². The van der Waals surface area contributed by atoms with E-state index in [2.05, 4.69) is 21.4 Å². The maximum atomic E-state index is 12.3. The molecule has 1 aromatic rings. The molecule has 1 unspecified atom stereocenters. The van der Waals surface area contributed by atoms with Gasteiger partial charge in [0.15, 0.2) is 0 Å². The Morgan fingerprint density at radius 3 is 2.29 bits per heavy atom. The lowest BCUT2D eigenvalue weighted by Crippen LogP contribution is -2.41. The molecule has 10 nitrogen and oxygen atoms in total. The molecule has 3 amide bonds. The zero-order chi connectivity index (χ0) is 22.9. The van der Waals surface area contributed by atoms with E-state index >= 15 is 0 Å². The van der Waals surface area contributed by atoms with E-state index in [-0.39, 0.29) is 37.4 Å². The lowest BCUT2D eigenvalue weighted by molar-refractivity contribution is -0.134. The summed E-state index contributed by atoms with van der Waals surface area (Å²) in [6, 6.07) is 6.30. The number of likely N-dealkylation sites (N-methyl/N-ethyl adjacent to an activating group) is 1. The number of rotatable bonds is 16. The summed E-state index contributed by atoms with van der Waals surface area (Å²) in [5.41, 5.74) is 3.75. The number of hydrogen-bond donors (Lipinski definition) is 4. The van der Waals surface area contributed by atoms with Crippen LogP contribution in [0, 0.1) is 0 Å². The van der Waals surface area contributed by atoms with E-state index in [4.69, 9.17) is 14.3 Å². The van der Waals surface area contributed by atoms with Crippen molar-refractivity contribution in [2.45, 2.75) is 39.3 Å². The summed E-state index contributed by atoms with van der Waals surface area (Å²) in [4.78, 5) is 40.4. The highest BCUT2D eigenvalue weighted by Crippen LogP contribution is 2.10. The van der Waals surface area contributed by atoms with E-state index in [1.54, 1.807) is 38.1 Å². The smallest absolute Gasteiger partial charge is 0.246 e. The van der Waals surface area contributed by atoms with Crippen molar-refractivity contribution in [3.63, 3.8) is 0 Å². The summed E-state index contributed by atoms with van der Waals surface area (Å²) in [5, 5.41) is 8.36. The normalized spacial score (nSPS) is 11.6. The van der Waals surface area contributed by atoms with Crippen LogP contribution in [0.2, 0.25) is 0 Å². The largest absolute Gasteiger partial charge is 0.379 e. The van der Waals surface area contributed by atoms with E-state index in [0.717, 1.165) is 12.1 Å². The maximum Gasteiger partial charge on any atom is 0.246 e. The third-order valence-electron chi connectivity index (χ3n) is 4.08. The van der Waals surface area contributed by atoms with E-state index in [9.17, 15) is 14.4 Å². The van der Waals surface area contributed by atoms with E-state index in [1.165, 1.54) is 0 Å². The highest BCUT2D eigenvalue weighted by molar-refractivity contribution is 5.96. The van der Waals surface area contributed by atoms with Crippen molar-refractivity contribution < 1.29 is 28.7 Å².